The summed E-state index contributed by atoms with van der Waals surface area (Å²) in [4.78, 5) is 0. The zero-order valence-corrected chi connectivity index (χ0v) is 10.4. The van der Waals surface area contributed by atoms with Gasteiger partial charge in [-0.05, 0) is 30.9 Å². The van der Waals surface area contributed by atoms with Gasteiger partial charge in [0.1, 0.15) is 0 Å². The molecule has 1 aromatic rings. The lowest BCUT2D eigenvalue weighted by atomic mass is 10.0. The zero-order chi connectivity index (χ0) is 12.1. The molecular weight excluding hydrogens is 214 g/mol. The lowest BCUT2D eigenvalue weighted by Crippen LogP contribution is -2.40. The quantitative estimate of drug-likeness (QED) is 0.836. The Kier molecular flexibility index (Phi) is 4.54. The molecule has 1 heterocycles. The molecule has 0 saturated carbocycles. The summed E-state index contributed by atoms with van der Waals surface area (Å²) in [7, 11) is 0. The van der Waals surface area contributed by atoms with Gasteiger partial charge in [-0.3, -0.25) is 0 Å². The lowest BCUT2D eigenvalue weighted by molar-refractivity contribution is 0.0194. The number of hydrogen-bond donors (Lipinski definition) is 2. The number of aliphatic hydroxyl groups excluding tert-OH is 1. The van der Waals surface area contributed by atoms with E-state index >= 15 is 0 Å². The maximum atomic E-state index is 8.95. The van der Waals surface area contributed by atoms with Crippen LogP contribution < -0.4 is 5.32 Å². The van der Waals surface area contributed by atoms with Crippen LogP contribution in [-0.2, 0) is 18.0 Å². The van der Waals surface area contributed by atoms with Crippen molar-refractivity contribution in [2.45, 2.75) is 45.1 Å². The summed E-state index contributed by atoms with van der Waals surface area (Å²) in [6.45, 7) is 3.93. The van der Waals surface area contributed by atoms with Gasteiger partial charge in [-0.1, -0.05) is 24.3 Å². The van der Waals surface area contributed by atoms with E-state index in [4.69, 9.17) is 9.84 Å². The Hall–Kier alpha value is -0.900. The van der Waals surface area contributed by atoms with E-state index in [1.807, 2.05) is 24.3 Å². The van der Waals surface area contributed by atoms with E-state index in [1.54, 1.807) is 0 Å². The average Bonchev–Trinajstić information content (AvgIpc) is 2.39. The minimum absolute atomic E-state index is 0.103. The normalized spacial score (nSPS) is 24.8. The first-order valence-corrected chi connectivity index (χ1v) is 6.31. The number of piperidine rings is 1. The zero-order valence-electron chi connectivity index (χ0n) is 10.4. The molecule has 0 aromatic heterocycles. The molecule has 0 radical (unpaired) electrons. The van der Waals surface area contributed by atoms with E-state index in [9.17, 15) is 0 Å². The molecule has 0 amide bonds. The summed E-state index contributed by atoms with van der Waals surface area (Å²) < 4.78 is 5.87. The fourth-order valence-electron chi connectivity index (χ4n) is 2.07. The Morgan fingerprint density at radius 3 is 2.53 bits per heavy atom. The standard InChI is InChI=1S/C14H21NO2/c1-11-2-7-14(8-15-11)17-10-13-5-3-12(9-16)4-6-13/h3-6,11,14-16H,2,7-10H2,1H3. The van der Waals surface area contributed by atoms with Crippen LogP contribution in [0.4, 0.5) is 0 Å². The number of rotatable bonds is 4. The molecule has 1 aliphatic heterocycles. The van der Waals surface area contributed by atoms with E-state index in [0.29, 0.717) is 18.8 Å². The van der Waals surface area contributed by atoms with Crippen molar-refractivity contribution in [1.29, 1.82) is 0 Å². The van der Waals surface area contributed by atoms with Crippen molar-refractivity contribution in [3.8, 4) is 0 Å². The smallest absolute Gasteiger partial charge is 0.0721 e. The van der Waals surface area contributed by atoms with Crippen LogP contribution in [0.3, 0.4) is 0 Å². The van der Waals surface area contributed by atoms with Crippen molar-refractivity contribution in [2.24, 2.45) is 0 Å². The second kappa shape index (κ2) is 6.15. The molecule has 3 heteroatoms. The molecule has 2 N–H and O–H groups in total. The summed E-state index contributed by atoms with van der Waals surface area (Å²) in [5.41, 5.74) is 2.11. The summed E-state index contributed by atoms with van der Waals surface area (Å²) >= 11 is 0. The van der Waals surface area contributed by atoms with Crippen LogP contribution in [0.25, 0.3) is 0 Å². The highest BCUT2D eigenvalue weighted by Crippen LogP contribution is 2.13. The van der Waals surface area contributed by atoms with Gasteiger partial charge in [-0.25, -0.2) is 0 Å². The number of benzene rings is 1. The molecular formula is C14H21NO2. The van der Waals surface area contributed by atoms with E-state index in [-0.39, 0.29) is 6.61 Å². The number of nitrogens with one attached hydrogen (secondary N) is 1. The molecule has 1 fully saturated rings. The largest absolute Gasteiger partial charge is 0.392 e. The van der Waals surface area contributed by atoms with Gasteiger partial charge in [0, 0.05) is 12.6 Å². The van der Waals surface area contributed by atoms with Gasteiger partial charge < -0.3 is 15.2 Å². The van der Waals surface area contributed by atoms with Crippen molar-refractivity contribution < 1.29 is 9.84 Å². The molecule has 3 nitrogen and oxygen atoms in total. The first-order valence-electron chi connectivity index (χ1n) is 6.31. The Bertz CT molecular complexity index is 329. The van der Waals surface area contributed by atoms with Gasteiger partial charge in [0.2, 0.25) is 0 Å². The lowest BCUT2D eigenvalue weighted by Gasteiger charge is -2.27. The third-order valence-electron chi connectivity index (χ3n) is 3.31. The van der Waals surface area contributed by atoms with E-state index in [1.165, 1.54) is 12.0 Å². The molecule has 1 aromatic carbocycles. The topological polar surface area (TPSA) is 41.5 Å². The molecule has 1 aliphatic rings. The van der Waals surface area contributed by atoms with Gasteiger partial charge in [-0.2, -0.15) is 0 Å². The van der Waals surface area contributed by atoms with Crippen LogP contribution in [0.2, 0.25) is 0 Å². The minimum atomic E-state index is 0.103. The molecule has 17 heavy (non-hydrogen) atoms. The van der Waals surface area contributed by atoms with E-state index in [2.05, 4.69) is 12.2 Å². The summed E-state index contributed by atoms with van der Waals surface area (Å²) in [6, 6.07) is 8.55. The van der Waals surface area contributed by atoms with Crippen LogP contribution >= 0.6 is 0 Å². The molecule has 2 unspecified atom stereocenters. The predicted octanol–water partition coefficient (Wildman–Crippen LogP) is 1.84. The molecule has 0 spiro atoms. The van der Waals surface area contributed by atoms with Crippen molar-refractivity contribution in [2.75, 3.05) is 6.54 Å². The van der Waals surface area contributed by atoms with E-state index < -0.39 is 0 Å². The van der Waals surface area contributed by atoms with E-state index in [0.717, 1.165) is 18.5 Å². The van der Waals surface area contributed by atoms with Gasteiger partial charge in [-0.15, -0.1) is 0 Å². The van der Waals surface area contributed by atoms with Gasteiger partial charge in [0.15, 0.2) is 0 Å². The van der Waals surface area contributed by atoms with Crippen LogP contribution in [0.15, 0.2) is 24.3 Å². The highest BCUT2D eigenvalue weighted by atomic mass is 16.5. The third kappa shape index (κ3) is 3.80. The molecule has 0 bridgehead atoms. The highest BCUT2D eigenvalue weighted by Gasteiger charge is 2.17. The maximum absolute atomic E-state index is 8.95. The Balaban J connectivity index is 1.77. The molecule has 2 rings (SSSR count). The summed E-state index contributed by atoms with van der Waals surface area (Å²) in [5, 5.41) is 12.4. The van der Waals surface area contributed by atoms with Gasteiger partial charge >= 0.3 is 0 Å². The van der Waals surface area contributed by atoms with Crippen molar-refractivity contribution in [1.82, 2.24) is 5.32 Å². The summed E-state index contributed by atoms with van der Waals surface area (Å²) in [5.74, 6) is 0. The van der Waals surface area contributed by atoms with Crippen molar-refractivity contribution in [3.63, 3.8) is 0 Å². The van der Waals surface area contributed by atoms with Gasteiger partial charge in [0.25, 0.3) is 0 Å². The molecule has 0 aliphatic carbocycles. The first kappa shape index (κ1) is 12.6. The van der Waals surface area contributed by atoms with Crippen LogP contribution in [0, 0.1) is 0 Å². The fourth-order valence-corrected chi connectivity index (χ4v) is 2.07. The molecule has 2 atom stereocenters. The van der Waals surface area contributed by atoms with Crippen molar-refractivity contribution >= 4 is 0 Å². The highest BCUT2D eigenvalue weighted by molar-refractivity contribution is 5.21. The molecule has 94 valence electrons. The number of ether oxygens (including phenoxy) is 1. The fraction of sp³-hybridized carbons (Fsp3) is 0.571. The Morgan fingerprint density at radius 1 is 1.24 bits per heavy atom. The van der Waals surface area contributed by atoms with Crippen molar-refractivity contribution in [3.05, 3.63) is 35.4 Å². The number of hydrogen-bond acceptors (Lipinski definition) is 3. The second-order valence-electron chi connectivity index (χ2n) is 4.79. The minimum Gasteiger partial charge on any atom is -0.392 e. The van der Waals surface area contributed by atoms with Crippen LogP contribution in [0.5, 0.6) is 0 Å². The molecule has 1 saturated heterocycles. The SMILES string of the molecule is CC1CCC(OCc2ccc(CO)cc2)CN1. The average molecular weight is 235 g/mol. The third-order valence-corrected chi connectivity index (χ3v) is 3.31. The monoisotopic (exact) mass is 235 g/mol. The Morgan fingerprint density at radius 2 is 1.94 bits per heavy atom. The van der Waals surface area contributed by atoms with Gasteiger partial charge in [0.05, 0.1) is 19.3 Å². The van der Waals surface area contributed by atoms with Crippen LogP contribution in [-0.4, -0.2) is 23.8 Å². The van der Waals surface area contributed by atoms with Crippen LogP contribution in [0.1, 0.15) is 30.9 Å². The Labute approximate surface area is 103 Å². The second-order valence-corrected chi connectivity index (χ2v) is 4.79. The maximum Gasteiger partial charge on any atom is 0.0721 e. The first-order chi connectivity index (χ1) is 8.28. The predicted molar refractivity (Wildman–Crippen MR) is 67.6 cm³/mol. The summed E-state index contributed by atoms with van der Waals surface area (Å²) in [6.07, 6.45) is 2.67. The number of aliphatic hydroxyl groups is 1.